The lowest BCUT2D eigenvalue weighted by molar-refractivity contribution is -0.465. The van der Waals surface area contributed by atoms with Crippen LogP contribution in [0.3, 0.4) is 0 Å². The smallest absolute Gasteiger partial charge is 0.289 e. The molecule has 0 amide bonds. The minimum absolute atomic E-state index is 0.301. The van der Waals surface area contributed by atoms with Crippen molar-refractivity contribution in [3.63, 3.8) is 0 Å². The summed E-state index contributed by atoms with van der Waals surface area (Å²) in [6.07, 6.45) is 2.50. The lowest BCUT2D eigenvalue weighted by Gasteiger charge is -2.14. The Balaban J connectivity index is 0.000000171. The Morgan fingerprint density at radius 3 is 1.83 bits per heavy atom. The molecule has 0 saturated carbocycles. The molecule has 4 aromatic rings. The molecule has 0 aliphatic rings. The third-order valence-electron chi connectivity index (χ3n) is 4.53. The van der Waals surface area contributed by atoms with Crippen LogP contribution in [0.1, 0.15) is 11.4 Å². The molecular weight excluding hydrogens is 392 g/mol. The fourth-order valence-corrected chi connectivity index (χ4v) is 2.92. The molecule has 0 aliphatic carbocycles. The van der Waals surface area contributed by atoms with Gasteiger partial charge in [0.15, 0.2) is 0 Å². The molecule has 0 bridgehead atoms. The van der Waals surface area contributed by atoms with Crippen LogP contribution in [0.2, 0.25) is 0 Å². The fourth-order valence-electron chi connectivity index (χ4n) is 2.92. The molecule has 0 N–H and O–H groups in total. The quantitative estimate of drug-likeness (QED) is 0.466. The van der Waals surface area contributed by atoms with E-state index in [1.54, 1.807) is 44.2 Å². The summed E-state index contributed by atoms with van der Waals surface area (Å²) in [6, 6.07) is 9.51. The Labute approximate surface area is 170 Å². The predicted octanol–water partition coefficient (Wildman–Crippen LogP) is 2.44. The SMILES string of the molecule is COc1ccc2c(c1)[n+](=O)cc(C)n2[O-].COc1ccc2c(c1)n([O-])c(C)c[n+]2=O. The van der Waals surface area contributed by atoms with Gasteiger partial charge in [-0.3, -0.25) is 0 Å². The third kappa shape index (κ3) is 3.75. The normalized spacial score (nSPS) is 10.5. The minimum atomic E-state index is 0.301. The van der Waals surface area contributed by atoms with Gasteiger partial charge in [0.2, 0.25) is 12.4 Å². The second-order valence-electron chi connectivity index (χ2n) is 6.49. The summed E-state index contributed by atoms with van der Waals surface area (Å²) in [4.78, 5) is 23.0. The maximum Gasteiger partial charge on any atom is 0.289 e. The number of nitrogens with zero attached hydrogens (tertiary/aromatic N) is 4. The summed E-state index contributed by atoms with van der Waals surface area (Å²) in [5.74, 6) is 1.11. The highest BCUT2D eigenvalue weighted by Crippen LogP contribution is 2.19. The van der Waals surface area contributed by atoms with Crippen LogP contribution in [0.5, 0.6) is 11.5 Å². The van der Waals surface area contributed by atoms with Gasteiger partial charge in [0.05, 0.1) is 40.5 Å². The Bertz CT molecular complexity index is 1360. The van der Waals surface area contributed by atoms with E-state index in [4.69, 9.17) is 9.47 Å². The van der Waals surface area contributed by atoms with Crippen LogP contribution in [0.4, 0.5) is 0 Å². The number of fused-ring (bicyclic) bond motifs is 2. The van der Waals surface area contributed by atoms with Crippen molar-refractivity contribution in [2.75, 3.05) is 14.2 Å². The van der Waals surface area contributed by atoms with Crippen molar-refractivity contribution in [2.45, 2.75) is 13.8 Å². The van der Waals surface area contributed by atoms with Crippen LogP contribution in [0.25, 0.3) is 22.1 Å². The van der Waals surface area contributed by atoms with E-state index in [0.717, 1.165) is 4.73 Å². The van der Waals surface area contributed by atoms with E-state index < -0.39 is 0 Å². The van der Waals surface area contributed by atoms with Crippen LogP contribution < -0.4 is 18.3 Å². The molecule has 10 heteroatoms. The predicted molar refractivity (Wildman–Crippen MR) is 111 cm³/mol. The van der Waals surface area contributed by atoms with Gasteiger partial charge in [0, 0.05) is 21.9 Å². The maximum atomic E-state index is 11.7. The van der Waals surface area contributed by atoms with Gasteiger partial charge in [-0.05, 0) is 32.0 Å². The summed E-state index contributed by atoms with van der Waals surface area (Å²) in [5.41, 5.74) is 2.00. The second kappa shape index (κ2) is 8.11. The lowest BCUT2D eigenvalue weighted by atomic mass is 10.2. The van der Waals surface area contributed by atoms with Gasteiger partial charge >= 0.3 is 0 Å². The van der Waals surface area contributed by atoms with Crippen LogP contribution in [0, 0.1) is 34.1 Å². The molecule has 2 heterocycles. The van der Waals surface area contributed by atoms with E-state index in [0.29, 0.717) is 58.5 Å². The average molecular weight is 412 g/mol. The van der Waals surface area contributed by atoms with E-state index in [1.807, 2.05) is 0 Å². The number of ether oxygens (including phenoxy) is 2. The maximum absolute atomic E-state index is 11.7. The summed E-state index contributed by atoms with van der Waals surface area (Å²) in [7, 11) is 3.02. The number of benzene rings is 2. The van der Waals surface area contributed by atoms with Crippen molar-refractivity contribution >= 4 is 22.1 Å². The first-order valence-corrected chi connectivity index (χ1v) is 8.87. The van der Waals surface area contributed by atoms with Gasteiger partial charge in [-0.15, -0.1) is 0 Å². The largest absolute Gasteiger partial charge is 0.805 e. The molecule has 30 heavy (non-hydrogen) atoms. The molecule has 0 unspecified atom stereocenters. The van der Waals surface area contributed by atoms with Gasteiger partial charge in [0.1, 0.15) is 22.5 Å². The molecule has 2 aromatic carbocycles. The van der Waals surface area contributed by atoms with Gasteiger partial charge in [-0.1, -0.05) is 0 Å². The summed E-state index contributed by atoms with van der Waals surface area (Å²) < 4.78 is 12.8. The number of aromatic nitrogens is 4. The standard InChI is InChI=1S/2C10H10N2O3/c1-7-6-11(13)10-5-8(15-2)3-4-9(10)12(7)14;1-7-6-11(13)9-4-3-8(15-2)5-10(9)12(7)14/h2*3-6H,1-2H3. The average Bonchev–Trinajstić information content (AvgIpc) is 2.75. The highest BCUT2D eigenvalue weighted by Gasteiger charge is 2.11. The first-order chi connectivity index (χ1) is 14.3. The monoisotopic (exact) mass is 412 g/mol. The van der Waals surface area contributed by atoms with Crippen LogP contribution in [-0.4, -0.2) is 23.7 Å². The van der Waals surface area contributed by atoms with Crippen LogP contribution in [-0.2, 0) is 0 Å². The number of hydrogen-bond acceptors (Lipinski definition) is 6. The summed E-state index contributed by atoms with van der Waals surface area (Å²) >= 11 is 0. The number of rotatable bonds is 2. The number of hydrogen-bond donors (Lipinski definition) is 0. The molecule has 10 nitrogen and oxygen atoms in total. The molecular formula is C20H20N4O6. The van der Waals surface area contributed by atoms with Crippen molar-refractivity contribution < 1.29 is 18.3 Å². The zero-order valence-electron chi connectivity index (χ0n) is 16.9. The Hall–Kier alpha value is -4.08. The van der Waals surface area contributed by atoms with Crippen LogP contribution in [0.15, 0.2) is 48.8 Å². The highest BCUT2D eigenvalue weighted by molar-refractivity contribution is 5.74. The fraction of sp³-hybridized carbons (Fsp3) is 0.200. The van der Waals surface area contributed by atoms with E-state index in [-0.39, 0.29) is 0 Å². The number of aryl methyl sites for hydroxylation is 2. The molecule has 156 valence electrons. The van der Waals surface area contributed by atoms with Gasteiger partial charge in [-0.2, -0.15) is 0 Å². The van der Waals surface area contributed by atoms with E-state index >= 15 is 0 Å². The Morgan fingerprint density at radius 1 is 0.733 bits per heavy atom. The lowest BCUT2D eigenvalue weighted by Crippen LogP contribution is -2.18. The molecule has 0 atom stereocenters. The van der Waals surface area contributed by atoms with E-state index in [9.17, 15) is 20.2 Å². The zero-order chi connectivity index (χ0) is 22.0. The van der Waals surface area contributed by atoms with Crippen molar-refractivity contribution in [1.82, 2.24) is 9.46 Å². The van der Waals surface area contributed by atoms with E-state index in [1.165, 1.54) is 32.7 Å². The Morgan fingerprint density at radius 2 is 1.23 bits per heavy atom. The molecule has 0 radical (unpaired) electrons. The van der Waals surface area contributed by atoms with Crippen molar-refractivity contribution in [3.8, 4) is 11.5 Å². The minimum Gasteiger partial charge on any atom is -0.805 e. The molecule has 0 fully saturated rings. The van der Waals surface area contributed by atoms with Crippen molar-refractivity contribution in [3.05, 3.63) is 80.4 Å². The number of methoxy groups -OCH3 is 2. The first kappa shape index (κ1) is 20.6. The molecule has 0 spiro atoms. The second-order valence-corrected chi connectivity index (χ2v) is 6.49. The van der Waals surface area contributed by atoms with Crippen molar-refractivity contribution in [1.29, 1.82) is 0 Å². The van der Waals surface area contributed by atoms with Crippen molar-refractivity contribution in [2.24, 2.45) is 0 Å². The first-order valence-electron chi connectivity index (χ1n) is 8.87. The summed E-state index contributed by atoms with van der Waals surface area (Å²) in [5, 5.41) is 23.3. The van der Waals surface area contributed by atoms with Gasteiger partial charge in [0.25, 0.3) is 11.0 Å². The van der Waals surface area contributed by atoms with Gasteiger partial charge in [-0.25, -0.2) is 0 Å². The summed E-state index contributed by atoms with van der Waals surface area (Å²) in [6.45, 7) is 3.17. The third-order valence-corrected chi connectivity index (χ3v) is 4.53. The van der Waals surface area contributed by atoms with E-state index in [2.05, 4.69) is 0 Å². The van der Waals surface area contributed by atoms with Gasteiger partial charge < -0.3 is 29.3 Å². The molecule has 2 aromatic heterocycles. The van der Waals surface area contributed by atoms with Crippen LogP contribution >= 0.6 is 0 Å². The highest BCUT2D eigenvalue weighted by atomic mass is 16.5. The topological polar surface area (TPSA) is 120 Å². The zero-order valence-corrected chi connectivity index (χ0v) is 16.9. The molecule has 0 aliphatic heterocycles. The Kier molecular flexibility index (Phi) is 5.58. The molecule has 0 saturated heterocycles. The molecule has 4 rings (SSSR count).